The monoisotopic (exact) mass is 472 g/mol. The van der Waals surface area contributed by atoms with Gasteiger partial charge in [0.05, 0.1) is 12.6 Å². The third-order valence-electron chi connectivity index (χ3n) is 7.24. The number of nitrogens with zero attached hydrogens (tertiary/aromatic N) is 3. The first-order valence-electron chi connectivity index (χ1n) is 12.6. The van der Waals surface area contributed by atoms with Crippen molar-refractivity contribution in [1.29, 1.82) is 0 Å². The molecule has 7 heteroatoms. The number of H-pyrrole nitrogens is 1. The predicted octanol–water partition coefficient (Wildman–Crippen LogP) is 5.19. The number of fused-ring (bicyclic) bond motifs is 2. The van der Waals surface area contributed by atoms with Crippen molar-refractivity contribution >= 4 is 33.6 Å². The summed E-state index contributed by atoms with van der Waals surface area (Å²) in [5.74, 6) is 4.00. The summed E-state index contributed by atoms with van der Waals surface area (Å²) in [5.41, 5.74) is 3.44. The lowest BCUT2D eigenvalue weighted by atomic mass is 9.82. The number of para-hydroxylation sites is 1. The van der Waals surface area contributed by atoms with Crippen LogP contribution < -0.4 is 20.3 Å². The van der Waals surface area contributed by atoms with Gasteiger partial charge >= 0.3 is 0 Å². The average molecular weight is 473 g/mol. The fourth-order valence-corrected chi connectivity index (χ4v) is 5.20. The van der Waals surface area contributed by atoms with Crippen molar-refractivity contribution in [3.63, 3.8) is 0 Å². The van der Waals surface area contributed by atoms with Crippen LogP contribution in [0, 0.1) is 11.8 Å². The molecule has 1 aliphatic rings. The Morgan fingerprint density at radius 3 is 2.51 bits per heavy atom. The Morgan fingerprint density at radius 2 is 1.74 bits per heavy atom. The highest BCUT2D eigenvalue weighted by atomic mass is 16.5. The molecule has 2 aromatic heterocycles. The molecule has 0 saturated heterocycles. The molecule has 0 atom stereocenters. The molecule has 2 aromatic carbocycles. The zero-order valence-corrected chi connectivity index (χ0v) is 21.0. The molecule has 0 amide bonds. The minimum atomic E-state index is 0.671. The molecule has 1 aliphatic carbocycles. The van der Waals surface area contributed by atoms with Gasteiger partial charge in [0, 0.05) is 49.7 Å². The van der Waals surface area contributed by atoms with E-state index in [1.54, 1.807) is 7.11 Å². The summed E-state index contributed by atoms with van der Waals surface area (Å²) >= 11 is 0. The Balaban J connectivity index is 1.09. The summed E-state index contributed by atoms with van der Waals surface area (Å²) < 4.78 is 5.39. The molecular formula is C28H36N6O. The Bertz CT molecular complexity index is 1280. The van der Waals surface area contributed by atoms with E-state index in [0.717, 1.165) is 59.5 Å². The molecule has 1 saturated carbocycles. The highest BCUT2D eigenvalue weighted by molar-refractivity contribution is 5.90. The molecule has 0 radical (unpaired) electrons. The van der Waals surface area contributed by atoms with Gasteiger partial charge < -0.3 is 25.3 Å². The second-order valence-corrected chi connectivity index (χ2v) is 9.91. The van der Waals surface area contributed by atoms with Crippen molar-refractivity contribution < 1.29 is 4.74 Å². The van der Waals surface area contributed by atoms with Crippen LogP contribution in [0.4, 0.5) is 11.8 Å². The first kappa shape index (κ1) is 23.4. The fourth-order valence-electron chi connectivity index (χ4n) is 5.20. The standard InChI is InChI=1S/C28H36N6O/c1-34(2)27-23-6-4-5-7-26(23)32-28(33-27)31-16-20-10-8-19(9-11-20)15-29-17-21-18-30-25-13-12-22(35-3)14-24(21)25/h4-7,12-14,18-20,29-30H,8-11,15-17H2,1-3H3,(H,31,32,33). The number of anilines is 2. The SMILES string of the molecule is COc1ccc2[nH]cc(CNCC3CCC(CNc4nc(N(C)C)c5ccccc5n4)CC3)c2c1. The van der Waals surface area contributed by atoms with Crippen molar-refractivity contribution in [3.05, 3.63) is 54.2 Å². The van der Waals surface area contributed by atoms with E-state index in [4.69, 9.17) is 14.7 Å². The van der Waals surface area contributed by atoms with Gasteiger partial charge in [-0.3, -0.25) is 0 Å². The van der Waals surface area contributed by atoms with Crippen molar-refractivity contribution in [1.82, 2.24) is 20.3 Å². The summed E-state index contributed by atoms with van der Waals surface area (Å²) in [4.78, 5) is 14.9. The number of ether oxygens (including phenoxy) is 1. The van der Waals surface area contributed by atoms with Gasteiger partial charge in [-0.1, -0.05) is 12.1 Å². The number of benzene rings is 2. The van der Waals surface area contributed by atoms with E-state index in [9.17, 15) is 0 Å². The number of hydrogen-bond acceptors (Lipinski definition) is 6. The molecule has 0 bridgehead atoms. The Morgan fingerprint density at radius 1 is 0.971 bits per heavy atom. The van der Waals surface area contributed by atoms with Crippen LogP contribution in [0.25, 0.3) is 21.8 Å². The average Bonchev–Trinajstić information content (AvgIpc) is 3.29. The maximum absolute atomic E-state index is 5.39. The number of hydrogen-bond donors (Lipinski definition) is 3. The second kappa shape index (κ2) is 10.5. The van der Waals surface area contributed by atoms with Crippen molar-refractivity contribution in [2.45, 2.75) is 32.2 Å². The number of methoxy groups -OCH3 is 1. The van der Waals surface area contributed by atoms with Crippen LogP contribution in [0.15, 0.2) is 48.7 Å². The minimum absolute atomic E-state index is 0.671. The molecule has 7 nitrogen and oxygen atoms in total. The maximum atomic E-state index is 5.39. The van der Waals surface area contributed by atoms with Crippen molar-refractivity contribution in [2.75, 3.05) is 44.5 Å². The summed E-state index contributed by atoms with van der Waals surface area (Å²) in [6.45, 7) is 2.88. The molecule has 5 rings (SSSR count). The quantitative estimate of drug-likeness (QED) is 0.311. The summed E-state index contributed by atoms with van der Waals surface area (Å²) in [6.07, 6.45) is 7.14. The van der Waals surface area contributed by atoms with Crippen molar-refractivity contribution in [3.8, 4) is 5.75 Å². The topological polar surface area (TPSA) is 78.1 Å². The number of nitrogens with one attached hydrogen (secondary N) is 3. The smallest absolute Gasteiger partial charge is 0.225 e. The van der Waals surface area contributed by atoms with E-state index in [2.05, 4.69) is 51.0 Å². The third-order valence-corrected chi connectivity index (χ3v) is 7.24. The van der Waals surface area contributed by atoms with Gasteiger partial charge in [-0.05, 0) is 80.0 Å². The first-order chi connectivity index (χ1) is 17.1. The second-order valence-electron chi connectivity index (χ2n) is 9.91. The van der Waals surface area contributed by atoms with E-state index in [1.165, 1.54) is 36.6 Å². The highest BCUT2D eigenvalue weighted by Gasteiger charge is 2.21. The third kappa shape index (κ3) is 5.35. The van der Waals surface area contributed by atoms with Gasteiger partial charge in [0.1, 0.15) is 11.6 Å². The fraction of sp³-hybridized carbons (Fsp3) is 0.429. The van der Waals surface area contributed by atoms with E-state index in [0.29, 0.717) is 5.92 Å². The van der Waals surface area contributed by atoms with Crippen LogP contribution in [0.1, 0.15) is 31.2 Å². The lowest BCUT2D eigenvalue weighted by Gasteiger charge is -2.29. The maximum Gasteiger partial charge on any atom is 0.225 e. The zero-order valence-electron chi connectivity index (χ0n) is 21.0. The van der Waals surface area contributed by atoms with Gasteiger partial charge in [0.2, 0.25) is 5.95 Å². The van der Waals surface area contributed by atoms with Crippen LogP contribution in [0.2, 0.25) is 0 Å². The van der Waals surface area contributed by atoms with Crippen LogP contribution in [-0.2, 0) is 6.54 Å². The summed E-state index contributed by atoms with van der Waals surface area (Å²) in [5, 5.41) is 9.54. The summed E-state index contributed by atoms with van der Waals surface area (Å²) in [7, 11) is 5.78. The number of aromatic nitrogens is 3. The number of rotatable bonds is 9. The molecule has 35 heavy (non-hydrogen) atoms. The predicted molar refractivity (Wildman–Crippen MR) is 144 cm³/mol. The van der Waals surface area contributed by atoms with Crippen LogP contribution in [-0.4, -0.2) is 49.2 Å². The van der Waals surface area contributed by atoms with Gasteiger partial charge in [-0.2, -0.15) is 4.98 Å². The molecule has 0 aliphatic heterocycles. The zero-order chi connectivity index (χ0) is 24.2. The van der Waals surface area contributed by atoms with Crippen LogP contribution in [0.3, 0.4) is 0 Å². The van der Waals surface area contributed by atoms with Gasteiger partial charge in [0.15, 0.2) is 0 Å². The Kier molecular flexibility index (Phi) is 7.04. The largest absolute Gasteiger partial charge is 0.497 e. The summed E-state index contributed by atoms with van der Waals surface area (Å²) in [6, 6.07) is 14.4. The molecular weight excluding hydrogens is 436 g/mol. The number of aromatic amines is 1. The molecule has 4 aromatic rings. The van der Waals surface area contributed by atoms with Gasteiger partial charge in [0.25, 0.3) is 0 Å². The van der Waals surface area contributed by atoms with Crippen LogP contribution >= 0.6 is 0 Å². The van der Waals surface area contributed by atoms with Crippen molar-refractivity contribution in [2.24, 2.45) is 11.8 Å². The highest BCUT2D eigenvalue weighted by Crippen LogP contribution is 2.30. The molecule has 1 fully saturated rings. The van der Waals surface area contributed by atoms with E-state index in [1.807, 2.05) is 32.3 Å². The van der Waals surface area contributed by atoms with Gasteiger partial charge in [-0.25, -0.2) is 4.98 Å². The molecule has 0 spiro atoms. The first-order valence-corrected chi connectivity index (χ1v) is 12.6. The lowest BCUT2D eigenvalue weighted by molar-refractivity contribution is 0.275. The Labute approximate surface area is 207 Å². The molecule has 184 valence electrons. The lowest BCUT2D eigenvalue weighted by Crippen LogP contribution is -2.28. The van der Waals surface area contributed by atoms with E-state index < -0.39 is 0 Å². The molecule has 2 heterocycles. The normalized spacial score (nSPS) is 18.1. The Hall–Kier alpha value is -3.32. The van der Waals surface area contributed by atoms with Crippen LogP contribution in [0.5, 0.6) is 5.75 Å². The van der Waals surface area contributed by atoms with E-state index in [-0.39, 0.29) is 0 Å². The molecule has 0 unspecified atom stereocenters. The van der Waals surface area contributed by atoms with Gasteiger partial charge in [-0.15, -0.1) is 0 Å². The minimum Gasteiger partial charge on any atom is -0.497 e. The van der Waals surface area contributed by atoms with E-state index >= 15 is 0 Å². The molecule has 3 N–H and O–H groups in total.